The second-order valence-electron chi connectivity index (χ2n) is 5.22. The topological polar surface area (TPSA) is 44.4 Å². The van der Waals surface area contributed by atoms with E-state index in [1.807, 2.05) is 0 Å². The van der Waals surface area contributed by atoms with Crippen LogP contribution < -0.4 is 10.6 Å². The van der Waals surface area contributed by atoms with Crippen molar-refractivity contribution in [2.24, 2.45) is 0 Å². The molecule has 2 N–H and O–H groups in total. The maximum atomic E-state index is 12.0. The van der Waals surface area contributed by atoms with Crippen LogP contribution in [0.5, 0.6) is 0 Å². The highest BCUT2D eigenvalue weighted by atomic mass is 35.5. The molecule has 0 aromatic carbocycles. The zero-order valence-electron chi connectivity index (χ0n) is 11.7. The maximum Gasteiger partial charge on any atom is 0.237 e. The van der Waals surface area contributed by atoms with Gasteiger partial charge in [-0.1, -0.05) is 13.3 Å². The summed E-state index contributed by atoms with van der Waals surface area (Å²) in [7, 11) is 0. The smallest absolute Gasteiger partial charge is 0.237 e. The number of rotatable bonds is 3. The molecule has 0 aromatic rings. The van der Waals surface area contributed by atoms with Crippen LogP contribution in [0.15, 0.2) is 0 Å². The Labute approximate surface area is 128 Å². The van der Waals surface area contributed by atoms with E-state index in [0.717, 1.165) is 45.4 Å². The van der Waals surface area contributed by atoms with E-state index in [0.29, 0.717) is 6.04 Å². The zero-order valence-corrected chi connectivity index (χ0v) is 13.3. The van der Waals surface area contributed by atoms with E-state index in [-0.39, 0.29) is 36.8 Å². The average molecular weight is 312 g/mol. The molecule has 114 valence electrons. The Morgan fingerprint density at radius 1 is 1.21 bits per heavy atom. The number of hydrogen-bond donors (Lipinski definition) is 2. The first-order valence-corrected chi connectivity index (χ1v) is 7.05. The fraction of sp³-hybridized carbons (Fsp3) is 0.923. The SMILES string of the molecule is CCN1CCC(NC(=O)[C@@H]2CCCCN2)CC1.Cl.Cl. The second-order valence-corrected chi connectivity index (χ2v) is 5.22. The zero-order chi connectivity index (χ0) is 12.1. The molecule has 4 nitrogen and oxygen atoms in total. The molecule has 1 amide bonds. The van der Waals surface area contributed by atoms with Crippen molar-refractivity contribution >= 4 is 30.7 Å². The molecule has 2 heterocycles. The average Bonchev–Trinajstić information content (AvgIpc) is 2.40. The fourth-order valence-electron chi connectivity index (χ4n) is 2.77. The Hall–Kier alpha value is -0.0300. The Bertz CT molecular complexity index is 252. The second kappa shape index (κ2) is 9.81. The third-order valence-corrected chi connectivity index (χ3v) is 4.01. The monoisotopic (exact) mass is 311 g/mol. The number of amides is 1. The minimum Gasteiger partial charge on any atom is -0.352 e. The lowest BCUT2D eigenvalue weighted by Gasteiger charge is -2.33. The lowest BCUT2D eigenvalue weighted by molar-refractivity contribution is -0.124. The van der Waals surface area contributed by atoms with E-state index in [4.69, 9.17) is 0 Å². The van der Waals surface area contributed by atoms with Gasteiger partial charge < -0.3 is 15.5 Å². The van der Waals surface area contributed by atoms with Crippen LogP contribution in [0.4, 0.5) is 0 Å². The molecule has 0 saturated carbocycles. The summed E-state index contributed by atoms with van der Waals surface area (Å²) in [6.07, 6.45) is 5.59. The molecular weight excluding hydrogens is 285 g/mol. The normalized spacial score (nSPS) is 25.0. The summed E-state index contributed by atoms with van der Waals surface area (Å²) >= 11 is 0. The Balaban J connectivity index is 0.00000162. The predicted molar refractivity (Wildman–Crippen MR) is 83.4 cm³/mol. The molecule has 0 unspecified atom stereocenters. The molecule has 2 aliphatic heterocycles. The molecule has 0 aromatic heterocycles. The highest BCUT2D eigenvalue weighted by Gasteiger charge is 2.24. The summed E-state index contributed by atoms with van der Waals surface area (Å²) < 4.78 is 0. The lowest BCUT2D eigenvalue weighted by Crippen LogP contribution is -2.52. The van der Waals surface area contributed by atoms with Gasteiger partial charge in [-0.05, 0) is 38.8 Å². The van der Waals surface area contributed by atoms with E-state index in [1.54, 1.807) is 0 Å². The lowest BCUT2D eigenvalue weighted by atomic mass is 10.0. The van der Waals surface area contributed by atoms with E-state index >= 15 is 0 Å². The van der Waals surface area contributed by atoms with Crippen LogP contribution in [-0.4, -0.2) is 49.1 Å². The van der Waals surface area contributed by atoms with Crippen molar-refractivity contribution in [2.75, 3.05) is 26.2 Å². The standard InChI is InChI=1S/C13H25N3O.2ClH/c1-2-16-9-6-11(7-10-16)15-13(17)12-5-3-4-8-14-12;;/h11-12,14H,2-10H2,1H3,(H,15,17);2*1H/t12-;;/m0../s1. The van der Waals surface area contributed by atoms with Gasteiger partial charge in [-0.3, -0.25) is 4.79 Å². The van der Waals surface area contributed by atoms with Crippen molar-refractivity contribution in [3.05, 3.63) is 0 Å². The van der Waals surface area contributed by atoms with Gasteiger partial charge in [0.1, 0.15) is 0 Å². The van der Waals surface area contributed by atoms with Gasteiger partial charge in [0.15, 0.2) is 0 Å². The van der Waals surface area contributed by atoms with Crippen molar-refractivity contribution in [2.45, 2.75) is 51.1 Å². The highest BCUT2D eigenvalue weighted by Crippen LogP contribution is 2.12. The minimum atomic E-state index is 0. The number of carbonyl (C=O) groups excluding carboxylic acids is 1. The molecule has 19 heavy (non-hydrogen) atoms. The van der Waals surface area contributed by atoms with Gasteiger partial charge in [-0.15, -0.1) is 24.8 Å². The number of nitrogens with one attached hydrogen (secondary N) is 2. The third kappa shape index (κ3) is 5.86. The summed E-state index contributed by atoms with van der Waals surface area (Å²) in [5.74, 6) is 0.222. The van der Waals surface area contributed by atoms with Gasteiger partial charge in [-0.2, -0.15) is 0 Å². The summed E-state index contributed by atoms with van der Waals surface area (Å²) in [5.41, 5.74) is 0. The van der Waals surface area contributed by atoms with Crippen molar-refractivity contribution in [1.29, 1.82) is 0 Å². The molecule has 0 radical (unpaired) electrons. The van der Waals surface area contributed by atoms with Crippen molar-refractivity contribution < 1.29 is 4.79 Å². The summed E-state index contributed by atoms with van der Waals surface area (Å²) in [6, 6.07) is 0.460. The number of likely N-dealkylation sites (tertiary alicyclic amines) is 1. The fourth-order valence-corrected chi connectivity index (χ4v) is 2.77. The van der Waals surface area contributed by atoms with Gasteiger partial charge in [0, 0.05) is 19.1 Å². The Kier molecular flexibility index (Phi) is 9.79. The minimum absolute atomic E-state index is 0. The number of piperidine rings is 2. The molecule has 2 rings (SSSR count). The van der Waals surface area contributed by atoms with Crippen molar-refractivity contribution in [1.82, 2.24) is 15.5 Å². The van der Waals surface area contributed by atoms with Gasteiger partial charge in [0.05, 0.1) is 6.04 Å². The summed E-state index contributed by atoms with van der Waals surface area (Å²) in [6.45, 7) is 6.57. The highest BCUT2D eigenvalue weighted by molar-refractivity contribution is 5.85. The van der Waals surface area contributed by atoms with E-state index in [9.17, 15) is 4.79 Å². The van der Waals surface area contributed by atoms with Crippen LogP contribution in [-0.2, 0) is 4.79 Å². The molecule has 2 aliphatic rings. The van der Waals surface area contributed by atoms with Crippen LogP contribution in [0.2, 0.25) is 0 Å². The third-order valence-electron chi connectivity index (χ3n) is 4.01. The van der Waals surface area contributed by atoms with Crippen LogP contribution in [0.3, 0.4) is 0 Å². The van der Waals surface area contributed by atoms with Crippen LogP contribution in [0, 0.1) is 0 Å². The van der Waals surface area contributed by atoms with E-state index in [1.165, 1.54) is 12.8 Å². The predicted octanol–water partition coefficient (Wildman–Crippen LogP) is 1.57. The number of nitrogens with zero attached hydrogens (tertiary/aromatic N) is 1. The van der Waals surface area contributed by atoms with Crippen LogP contribution >= 0.6 is 24.8 Å². The number of halogens is 2. The molecule has 1 atom stereocenters. The van der Waals surface area contributed by atoms with Crippen molar-refractivity contribution in [3.8, 4) is 0 Å². The Morgan fingerprint density at radius 3 is 2.42 bits per heavy atom. The quantitative estimate of drug-likeness (QED) is 0.831. The largest absolute Gasteiger partial charge is 0.352 e. The molecule has 0 spiro atoms. The van der Waals surface area contributed by atoms with E-state index < -0.39 is 0 Å². The summed E-state index contributed by atoms with van der Waals surface area (Å²) in [5, 5.41) is 6.51. The van der Waals surface area contributed by atoms with Gasteiger partial charge in [0.2, 0.25) is 5.91 Å². The van der Waals surface area contributed by atoms with E-state index in [2.05, 4.69) is 22.5 Å². The van der Waals surface area contributed by atoms with Crippen molar-refractivity contribution in [3.63, 3.8) is 0 Å². The van der Waals surface area contributed by atoms with Gasteiger partial charge in [0.25, 0.3) is 0 Å². The van der Waals surface area contributed by atoms with Crippen LogP contribution in [0.25, 0.3) is 0 Å². The molecule has 6 heteroatoms. The first kappa shape index (κ1) is 19.0. The number of hydrogen-bond acceptors (Lipinski definition) is 3. The number of carbonyl (C=O) groups is 1. The van der Waals surface area contributed by atoms with Crippen LogP contribution in [0.1, 0.15) is 39.0 Å². The first-order valence-electron chi connectivity index (χ1n) is 7.05. The molecule has 2 fully saturated rings. The Morgan fingerprint density at radius 2 is 1.89 bits per heavy atom. The summed E-state index contributed by atoms with van der Waals surface area (Å²) in [4.78, 5) is 14.5. The molecular formula is C13H27Cl2N3O. The maximum absolute atomic E-state index is 12.0. The molecule has 0 bridgehead atoms. The first-order chi connectivity index (χ1) is 8.29. The molecule has 0 aliphatic carbocycles. The van der Waals surface area contributed by atoms with Gasteiger partial charge >= 0.3 is 0 Å². The van der Waals surface area contributed by atoms with Gasteiger partial charge in [-0.25, -0.2) is 0 Å². The molecule has 2 saturated heterocycles.